The summed E-state index contributed by atoms with van der Waals surface area (Å²) in [6, 6.07) is 0. The third-order valence-electron chi connectivity index (χ3n) is 3.64. The molecule has 3 rings (SSSR count). The van der Waals surface area contributed by atoms with Gasteiger partial charge in [0, 0.05) is 11.9 Å². The summed E-state index contributed by atoms with van der Waals surface area (Å²) < 4.78 is 6.02. The lowest BCUT2D eigenvalue weighted by atomic mass is 9.92. The van der Waals surface area contributed by atoms with Gasteiger partial charge >= 0.3 is 0 Å². The number of hydrogen-bond acceptors (Lipinski definition) is 4. The number of H-pyrrole nitrogens is 1. The second kappa shape index (κ2) is 4.37. The fraction of sp³-hybridized carbons (Fsp3) is 0.818. The third kappa shape index (κ3) is 2.11. The van der Waals surface area contributed by atoms with Crippen molar-refractivity contribution in [1.82, 2.24) is 15.4 Å². The van der Waals surface area contributed by atoms with E-state index < -0.39 is 0 Å². The van der Waals surface area contributed by atoms with E-state index in [1.807, 2.05) is 11.8 Å². The van der Waals surface area contributed by atoms with Gasteiger partial charge in [0.05, 0.1) is 11.8 Å². The molecule has 1 aliphatic carbocycles. The van der Waals surface area contributed by atoms with E-state index in [1.54, 1.807) is 6.20 Å². The number of aromatic amines is 1. The van der Waals surface area contributed by atoms with Gasteiger partial charge in [-0.2, -0.15) is 10.3 Å². The lowest BCUT2D eigenvalue weighted by molar-refractivity contribution is -0.0704. The minimum absolute atomic E-state index is 0.208. The molecule has 1 aliphatic heterocycles. The summed E-state index contributed by atoms with van der Waals surface area (Å²) in [6.07, 6.45) is 9.31. The highest BCUT2D eigenvalue weighted by atomic mass is 32.2. The van der Waals surface area contributed by atoms with E-state index >= 15 is 0 Å². The van der Waals surface area contributed by atoms with E-state index in [1.165, 1.54) is 32.1 Å². The Bertz CT molecular complexity index is 335. The molecule has 1 atom stereocenters. The van der Waals surface area contributed by atoms with Crippen LogP contribution in [0.2, 0.25) is 0 Å². The van der Waals surface area contributed by atoms with Crippen LogP contribution in [0.3, 0.4) is 0 Å². The van der Waals surface area contributed by atoms with Gasteiger partial charge in [0.25, 0.3) is 0 Å². The largest absolute Gasteiger partial charge is 0.375 e. The minimum atomic E-state index is 0.208. The third-order valence-corrected chi connectivity index (χ3v) is 4.82. The molecule has 1 saturated heterocycles. The molecule has 16 heavy (non-hydrogen) atoms. The molecule has 0 amide bonds. The maximum absolute atomic E-state index is 6.02. The molecule has 5 heteroatoms. The molecule has 1 spiro atoms. The van der Waals surface area contributed by atoms with Gasteiger partial charge in [0.15, 0.2) is 0 Å². The van der Waals surface area contributed by atoms with Crippen molar-refractivity contribution in [2.75, 3.05) is 6.61 Å². The Morgan fingerprint density at radius 1 is 1.44 bits per heavy atom. The van der Waals surface area contributed by atoms with Crippen molar-refractivity contribution >= 4 is 11.8 Å². The van der Waals surface area contributed by atoms with E-state index in [0.29, 0.717) is 5.25 Å². The Kier molecular flexibility index (Phi) is 2.90. The second-order valence-corrected chi connectivity index (χ2v) is 6.10. The summed E-state index contributed by atoms with van der Waals surface area (Å²) in [5.74, 6) is 0. The monoisotopic (exact) mass is 239 g/mol. The molecule has 1 N–H and O–H groups in total. The smallest absolute Gasteiger partial charge is 0.138 e. The van der Waals surface area contributed by atoms with Crippen LogP contribution >= 0.6 is 11.8 Å². The number of nitrogens with zero attached hydrogens (tertiary/aromatic N) is 2. The summed E-state index contributed by atoms with van der Waals surface area (Å²) in [6.45, 7) is 0.912. The summed E-state index contributed by atoms with van der Waals surface area (Å²) in [7, 11) is 0. The van der Waals surface area contributed by atoms with Crippen LogP contribution in [0.15, 0.2) is 11.2 Å². The van der Waals surface area contributed by atoms with Crippen molar-refractivity contribution in [2.24, 2.45) is 0 Å². The lowest BCUT2D eigenvalue weighted by Gasteiger charge is -2.37. The Hall–Kier alpha value is -0.550. The maximum Gasteiger partial charge on any atom is 0.138 e. The first kappa shape index (κ1) is 10.6. The predicted molar refractivity (Wildman–Crippen MR) is 62.4 cm³/mol. The van der Waals surface area contributed by atoms with Crippen LogP contribution in [0.5, 0.6) is 0 Å². The van der Waals surface area contributed by atoms with Gasteiger partial charge in [0.1, 0.15) is 5.03 Å². The first-order valence-corrected chi connectivity index (χ1v) is 6.91. The van der Waals surface area contributed by atoms with Gasteiger partial charge in [-0.25, -0.2) is 0 Å². The van der Waals surface area contributed by atoms with E-state index in [4.69, 9.17) is 4.74 Å². The molecule has 88 valence electrons. The molecule has 1 aromatic heterocycles. The van der Waals surface area contributed by atoms with Crippen molar-refractivity contribution in [3.63, 3.8) is 0 Å². The number of rotatable bonds is 2. The topological polar surface area (TPSA) is 50.8 Å². The SMILES string of the molecule is c1n[nH]nc1SC1CCOC2(CCCC2)C1. The van der Waals surface area contributed by atoms with Crippen LogP contribution in [0.1, 0.15) is 38.5 Å². The molecule has 0 aromatic carbocycles. The highest BCUT2D eigenvalue weighted by molar-refractivity contribution is 7.99. The van der Waals surface area contributed by atoms with Crippen LogP contribution in [0.4, 0.5) is 0 Å². The quantitative estimate of drug-likeness (QED) is 0.861. The Labute approximate surface area is 99.5 Å². The summed E-state index contributed by atoms with van der Waals surface area (Å²) in [5.41, 5.74) is 0.208. The Morgan fingerprint density at radius 3 is 3.06 bits per heavy atom. The van der Waals surface area contributed by atoms with Crippen LogP contribution in [-0.4, -0.2) is 32.9 Å². The first-order valence-electron chi connectivity index (χ1n) is 6.03. The highest BCUT2D eigenvalue weighted by Gasteiger charge is 2.40. The summed E-state index contributed by atoms with van der Waals surface area (Å²) >= 11 is 1.85. The lowest BCUT2D eigenvalue weighted by Crippen LogP contribution is -2.38. The number of hydrogen-bond donors (Lipinski definition) is 1. The molecular weight excluding hydrogens is 222 g/mol. The van der Waals surface area contributed by atoms with Crippen molar-refractivity contribution in [2.45, 2.75) is 54.4 Å². The summed E-state index contributed by atoms with van der Waals surface area (Å²) in [5, 5.41) is 12.3. The average molecular weight is 239 g/mol. The van der Waals surface area contributed by atoms with E-state index in [2.05, 4.69) is 15.4 Å². The Morgan fingerprint density at radius 2 is 2.31 bits per heavy atom. The zero-order chi connectivity index (χ0) is 10.8. The highest BCUT2D eigenvalue weighted by Crippen LogP contribution is 2.43. The Balaban J connectivity index is 1.63. The molecule has 1 aromatic rings. The predicted octanol–water partition coefficient (Wildman–Crippen LogP) is 2.39. The molecule has 1 saturated carbocycles. The van der Waals surface area contributed by atoms with Gasteiger partial charge in [-0.3, -0.25) is 0 Å². The molecule has 1 unspecified atom stereocenters. The zero-order valence-electron chi connectivity index (χ0n) is 9.32. The number of thioether (sulfide) groups is 1. The fourth-order valence-corrected chi connectivity index (χ4v) is 4.02. The molecular formula is C11H17N3OS. The van der Waals surface area contributed by atoms with Crippen molar-refractivity contribution in [3.05, 3.63) is 6.20 Å². The van der Waals surface area contributed by atoms with Gasteiger partial charge in [-0.1, -0.05) is 24.6 Å². The zero-order valence-corrected chi connectivity index (χ0v) is 10.1. The van der Waals surface area contributed by atoms with E-state index in [0.717, 1.165) is 18.1 Å². The fourth-order valence-electron chi connectivity index (χ4n) is 2.87. The van der Waals surface area contributed by atoms with Crippen molar-refractivity contribution in [3.8, 4) is 0 Å². The number of ether oxygens (including phenoxy) is 1. The van der Waals surface area contributed by atoms with Crippen LogP contribution in [-0.2, 0) is 4.74 Å². The van der Waals surface area contributed by atoms with E-state index in [9.17, 15) is 0 Å². The van der Waals surface area contributed by atoms with Crippen molar-refractivity contribution in [1.29, 1.82) is 0 Å². The van der Waals surface area contributed by atoms with Gasteiger partial charge in [-0.05, 0) is 25.7 Å². The van der Waals surface area contributed by atoms with Crippen LogP contribution in [0.25, 0.3) is 0 Å². The normalized spacial score (nSPS) is 28.6. The summed E-state index contributed by atoms with van der Waals surface area (Å²) in [4.78, 5) is 0. The second-order valence-electron chi connectivity index (χ2n) is 4.78. The van der Waals surface area contributed by atoms with Gasteiger partial charge < -0.3 is 4.74 Å². The molecule has 0 bridgehead atoms. The molecule has 2 aliphatic rings. The molecule has 2 fully saturated rings. The van der Waals surface area contributed by atoms with Crippen LogP contribution < -0.4 is 0 Å². The molecule has 0 radical (unpaired) electrons. The van der Waals surface area contributed by atoms with Crippen molar-refractivity contribution < 1.29 is 4.74 Å². The average Bonchev–Trinajstić information content (AvgIpc) is 2.91. The van der Waals surface area contributed by atoms with Crippen LogP contribution in [0, 0.1) is 0 Å². The maximum atomic E-state index is 6.02. The molecule has 2 heterocycles. The number of nitrogens with one attached hydrogen (secondary N) is 1. The molecule has 4 nitrogen and oxygen atoms in total. The van der Waals surface area contributed by atoms with Gasteiger partial charge in [-0.15, -0.1) is 5.10 Å². The minimum Gasteiger partial charge on any atom is -0.375 e. The number of aromatic nitrogens is 3. The standard InChI is InChI=1S/C11H17N3OS/c1-2-5-11(4-1)7-9(3-6-15-11)16-10-8-12-14-13-10/h8-9H,1-7H2,(H,12,13,14). The van der Waals surface area contributed by atoms with E-state index in [-0.39, 0.29) is 5.60 Å². The van der Waals surface area contributed by atoms with Gasteiger partial charge in [0.2, 0.25) is 0 Å². The first-order chi connectivity index (χ1) is 7.86.